The second kappa shape index (κ2) is 8.43. The van der Waals surface area contributed by atoms with Crippen molar-refractivity contribution in [2.24, 2.45) is 0 Å². The van der Waals surface area contributed by atoms with Gasteiger partial charge in [-0.15, -0.1) is 0 Å². The van der Waals surface area contributed by atoms with Crippen LogP contribution in [0.15, 0.2) is 65.6 Å². The van der Waals surface area contributed by atoms with E-state index < -0.39 is 5.91 Å². The molecule has 2 aromatic carbocycles. The van der Waals surface area contributed by atoms with Crippen molar-refractivity contribution in [3.8, 4) is 11.5 Å². The molecular weight excluding hydrogens is 356 g/mol. The van der Waals surface area contributed by atoms with Crippen LogP contribution in [0.1, 0.15) is 21.5 Å². The van der Waals surface area contributed by atoms with Crippen molar-refractivity contribution in [1.29, 1.82) is 0 Å². The van der Waals surface area contributed by atoms with Gasteiger partial charge in [0.05, 0.1) is 20.8 Å². The number of ether oxygens (including phenoxy) is 2. The van der Waals surface area contributed by atoms with Crippen molar-refractivity contribution in [3.05, 3.63) is 87.8 Å². The highest BCUT2D eigenvalue weighted by Gasteiger charge is 2.13. The maximum Gasteiger partial charge on any atom is 0.263 e. The number of hydrogen-bond donors (Lipinski definition) is 1. The number of rotatable bonds is 6. The highest BCUT2D eigenvalue weighted by atomic mass is 16.5. The van der Waals surface area contributed by atoms with E-state index in [1.807, 2.05) is 31.2 Å². The number of benzene rings is 2. The van der Waals surface area contributed by atoms with E-state index in [4.69, 9.17) is 9.47 Å². The first kappa shape index (κ1) is 19.2. The normalized spacial score (nSPS) is 10.4. The topological polar surface area (TPSA) is 69.6 Å². The van der Waals surface area contributed by atoms with Crippen molar-refractivity contribution >= 4 is 11.6 Å². The largest absolute Gasteiger partial charge is 0.497 e. The lowest BCUT2D eigenvalue weighted by Crippen LogP contribution is -2.29. The molecule has 0 saturated heterocycles. The molecule has 0 saturated carbocycles. The molecule has 0 aliphatic rings. The minimum absolute atomic E-state index is 0.0814. The molecular formula is C22H22N2O4. The van der Waals surface area contributed by atoms with Crippen LogP contribution in [-0.4, -0.2) is 24.7 Å². The second-order valence-electron chi connectivity index (χ2n) is 6.40. The number of hydrogen-bond acceptors (Lipinski definition) is 4. The fourth-order valence-corrected chi connectivity index (χ4v) is 2.82. The standard InChI is InChI=1S/C22H22N2O4/c1-15-6-8-17(9-7-15)23-21(25)20-5-4-10-24(22(20)26)14-16-11-18(27-2)13-19(12-16)28-3/h4-13H,14H2,1-3H3,(H,23,25). The van der Waals surface area contributed by atoms with Gasteiger partial charge in [0.2, 0.25) is 0 Å². The summed E-state index contributed by atoms with van der Waals surface area (Å²) in [7, 11) is 3.14. The summed E-state index contributed by atoms with van der Waals surface area (Å²) in [5.74, 6) is 0.831. The Kier molecular flexibility index (Phi) is 5.79. The predicted molar refractivity (Wildman–Crippen MR) is 108 cm³/mol. The van der Waals surface area contributed by atoms with Crippen LogP contribution in [0.4, 0.5) is 5.69 Å². The lowest BCUT2D eigenvalue weighted by Gasteiger charge is -2.11. The lowest BCUT2D eigenvalue weighted by atomic mass is 10.2. The van der Waals surface area contributed by atoms with Crippen LogP contribution in [0.25, 0.3) is 0 Å². The number of pyridine rings is 1. The van der Waals surface area contributed by atoms with Gasteiger partial charge in [0.25, 0.3) is 11.5 Å². The summed E-state index contributed by atoms with van der Waals surface area (Å²) < 4.78 is 12.0. The van der Waals surface area contributed by atoms with E-state index in [1.165, 1.54) is 10.6 Å². The van der Waals surface area contributed by atoms with E-state index >= 15 is 0 Å². The smallest absolute Gasteiger partial charge is 0.263 e. The molecule has 0 radical (unpaired) electrons. The molecule has 144 valence electrons. The van der Waals surface area contributed by atoms with Gasteiger partial charge in [-0.3, -0.25) is 9.59 Å². The first-order valence-electron chi connectivity index (χ1n) is 8.79. The predicted octanol–water partition coefficient (Wildman–Crippen LogP) is 3.47. The number of aryl methyl sites for hydroxylation is 1. The van der Waals surface area contributed by atoms with Crippen LogP contribution >= 0.6 is 0 Å². The van der Waals surface area contributed by atoms with Crippen LogP contribution in [0.2, 0.25) is 0 Å². The average molecular weight is 378 g/mol. The molecule has 1 N–H and O–H groups in total. The first-order chi connectivity index (χ1) is 13.5. The number of methoxy groups -OCH3 is 2. The van der Waals surface area contributed by atoms with Crippen molar-refractivity contribution in [1.82, 2.24) is 4.57 Å². The Morgan fingerprint density at radius 3 is 2.25 bits per heavy atom. The third-order valence-corrected chi connectivity index (χ3v) is 4.34. The summed E-state index contributed by atoms with van der Waals surface area (Å²) >= 11 is 0. The number of carbonyl (C=O) groups is 1. The van der Waals surface area contributed by atoms with Gasteiger partial charge in [-0.25, -0.2) is 0 Å². The summed E-state index contributed by atoms with van der Waals surface area (Å²) in [6, 6.07) is 16.0. The molecule has 3 rings (SSSR count). The van der Waals surface area contributed by atoms with E-state index in [9.17, 15) is 9.59 Å². The molecule has 0 aliphatic carbocycles. The van der Waals surface area contributed by atoms with E-state index in [1.54, 1.807) is 44.7 Å². The molecule has 6 heteroatoms. The van der Waals surface area contributed by atoms with E-state index in [2.05, 4.69) is 5.32 Å². The zero-order valence-corrected chi connectivity index (χ0v) is 16.1. The zero-order chi connectivity index (χ0) is 20.1. The maximum absolute atomic E-state index is 12.8. The molecule has 0 aliphatic heterocycles. The van der Waals surface area contributed by atoms with Crippen LogP contribution in [0.5, 0.6) is 11.5 Å². The summed E-state index contributed by atoms with van der Waals surface area (Å²) in [5, 5.41) is 2.76. The van der Waals surface area contributed by atoms with Crippen LogP contribution < -0.4 is 20.3 Å². The van der Waals surface area contributed by atoms with Crippen LogP contribution in [-0.2, 0) is 6.54 Å². The van der Waals surface area contributed by atoms with Gasteiger partial charge in [0.1, 0.15) is 17.1 Å². The number of aromatic nitrogens is 1. The molecule has 28 heavy (non-hydrogen) atoms. The zero-order valence-electron chi connectivity index (χ0n) is 16.1. The number of anilines is 1. The van der Waals surface area contributed by atoms with Gasteiger partial charge in [0, 0.05) is 18.0 Å². The van der Waals surface area contributed by atoms with E-state index in [0.717, 1.165) is 11.1 Å². The fourth-order valence-electron chi connectivity index (χ4n) is 2.82. The summed E-state index contributed by atoms with van der Waals surface area (Å²) in [6.45, 7) is 2.26. The van der Waals surface area contributed by atoms with Gasteiger partial charge in [0.15, 0.2) is 0 Å². The van der Waals surface area contributed by atoms with Gasteiger partial charge >= 0.3 is 0 Å². The van der Waals surface area contributed by atoms with Crippen molar-refractivity contribution in [2.45, 2.75) is 13.5 Å². The quantitative estimate of drug-likeness (QED) is 0.713. The Morgan fingerprint density at radius 2 is 1.64 bits per heavy atom. The molecule has 1 amide bonds. The minimum atomic E-state index is -0.438. The van der Waals surface area contributed by atoms with Crippen LogP contribution in [0.3, 0.4) is 0 Å². The Balaban J connectivity index is 1.86. The maximum atomic E-state index is 12.8. The molecule has 0 atom stereocenters. The highest BCUT2D eigenvalue weighted by molar-refractivity contribution is 6.03. The molecule has 1 aromatic heterocycles. The monoisotopic (exact) mass is 378 g/mol. The van der Waals surface area contributed by atoms with Crippen molar-refractivity contribution < 1.29 is 14.3 Å². The Morgan fingerprint density at radius 1 is 1.00 bits per heavy atom. The molecule has 0 spiro atoms. The van der Waals surface area contributed by atoms with Crippen LogP contribution in [0, 0.1) is 6.92 Å². The third-order valence-electron chi connectivity index (χ3n) is 4.34. The first-order valence-corrected chi connectivity index (χ1v) is 8.79. The lowest BCUT2D eigenvalue weighted by molar-refractivity contribution is 0.102. The molecule has 6 nitrogen and oxygen atoms in total. The average Bonchev–Trinajstić information content (AvgIpc) is 2.70. The molecule has 0 fully saturated rings. The van der Waals surface area contributed by atoms with E-state index in [0.29, 0.717) is 17.2 Å². The Hall–Kier alpha value is -3.54. The number of amides is 1. The Bertz CT molecular complexity index is 1020. The second-order valence-corrected chi connectivity index (χ2v) is 6.40. The number of carbonyl (C=O) groups excluding carboxylic acids is 1. The molecule has 0 bridgehead atoms. The molecule has 3 aromatic rings. The van der Waals surface area contributed by atoms with Gasteiger partial charge < -0.3 is 19.4 Å². The number of nitrogens with one attached hydrogen (secondary N) is 1. The summed E-state index contributed by atoms with van der Waals surface area (Å²) in [5.41, 5.74) is 2.28. The fraction of sp³-hybridized carbons (Fsp3) is 0.182. The van der Waals surface area contributed by atoms with Gasteiger partial charge in [-0.2, -0.15) is 0 Å². The van der Waals surface area contributed by atoms with E-state index in [-0.39, 0.29) is 17.7 Å². The number of nitrogens with zero attached hydrogens (tertiary/aromatic N) is 1. The summed E-state index contributed by atoms with van der Waals surface area (Å²) in [6.07, 6.45) is 1.65. The minimum Gasteiger partial charge on any atom is -0.497 e. The van der Waals surface area contributed by atoms with Gasteiger partial charge in [-0.1, -0.05) is 17.7 Å². The molecule has 1 heterocycles. The summed E-state index contributed by atoms with van der Waals surface area (Å²) in [4.78, 5) is 25.4. The van der Waals surface area contributed by atoms with Crippen molar-refractivity contribution in [2.75, 3.05) is 19.5 Å². The Labute approximate surface area is 163 Å². The highest BCUT2D eigenvalue weighted by Crippen LogP contribution is 2.22. The van der Waals surface area contributed by atoms with Crippen molar-refractivity contribution in [3.63, 3.8) is 0 Å². The van der Waals surface area contributed by atoms with Gasteiger partial charge in [-0.05, 0) is 48.9 Å². The third kappa shape index (κ3) is 4.40. The SMILES string of the molecule is COc1cc(Cn2cccc(C(=O)Nc3ccc(C)cc3)c2=O)cc(OC)c1. The molecule has 0 unspecified atom stereocenters.